The Kier molecular flexibility index (Phi) is 2.54. The maximum absolute atomic E-state index is 4.57. The van der Waals surface area contributed by atoms with E-state index in [1.165, 1.54) is 25.8 Å². The van der Waals surface area contributed by atoms with Crippen LogP contribution in [0.1, 0.15) is 26.2 Å². The molecule has 5 heteroatoms. The first-order chi connectivity index (χ1) is 9.72. The van der Waals surface area contributed by atoms with Gasteiger partial charge in [-0.25, -0.2) is 9.97 Å². The number of aromatic nitrogens is 3. The van der Waals surface area contributed by atoms with Crippen molar-refractivity contribution in [1.82, 2.24) is 19.9 Å². The third-order valence-electron chi connectivity index (χ3n) is 5.50. The smallest absolute Gasteiger partial charge is 0.142 e. The van der Waals surface area contributed by atoms with E-state index in [1.54, 1.807) is 6.33 Å². The zero-order valence-corrected chi connectivity index (χ0v) is 12.1. The first-order valence-corrected chi connectivity index (χ1v) is 7.48. The molecule has 0 bridgehead atoms. The molecule has 0 saturated carbocycles. The molecule has 1 N–H and O–H groups in total. The largest absolute Gasteiger partial charge is 0.351 e. The van der Waals surface area contributed by atoms with Crippen LogP contribution in [0.4, 0.5) is 5.82 Å². The van der Waals surface area contributed by atoms with E-state index in [0.717, 1.165) is 23.4 Å². The summed E-state index contributed by atoms with van der Waals surface area (Å²) in [5, 5.41) is 1.14. The van der Waals surface area contributed by atoms with Gasteiger partial charge in [0, 0.05) is 24.3 Å². The Bertz CT molecular complexity index is 636. The number of aromatic amines is 1. The van der Waals surface area contributed by atoms with Crippen LogP contribution in [0.3, 0.4) is 0 Å². The van der Waals surface area contributed by atoms with E-state index >= 15 is 0 Å². The molecule has 0 radical (unpaired) electrons. The minimum absolute atomic E-state index is 0.341. The van der Waals surface area contributed by atoms with Gasteiger partial charge in [0.1, 0.15) is 17.8 Å². The van der Waals surface area contributed by atoms with Crippen molar-refractivity contribution in [1.29, 1.82) is 0 Å². The molecule has 5 nitrogen and oxygen atoms in total. The van der Waals surface area contributed by atoms with Crippen LogP contribution in [0.2, 0.25) is 0 Å². The molecule has 2 unspecified atom stereocenters. The maximum Gasteiger partial charge on any atom is 0.142 e. The molecule has 4 rings (SSSR count). The topological polar surface area (TPSA) is 48.1 Å². The SMILES string of the molecule is CC1N(c2ncnc3[nH]ccc23)CCC12CCCN2C. The second-order valence-electron chi connectivity index (χ2n) is 6.19. The van der Waals surface area contributed by atoms with E-state index in [0.29, 0.717) is 11.6 Å². The minimum atomic E-state index is 0.341. The van der Waals surface area contributed by atoms with Gasteiger partial charge >= 0.3 is 0 Å². The van der Waals surface area contributed by atoms with Crippen LogP contribution in [0, 0.1) is 0 Å². The maximum atomic E-state index is 4.57. The van der Waals surface area contributed by atoms with Crippen molar-refractivity contribution in [2.75, 3.05) is 25.0 Å². The predicted molar refractivity (Wildman–Crippen MR) is 79.9 cm³/mol. The molecule has 2 aromatic heterocycles. The van der Waals surface area contributed by atoms with Crippen LogP contribution < -0.4 is 4.90 Å². The highest BCUT2D eigenvalue weighted by Crippen LogP contribution is 2.43. The van der Waals surface area contributed by atoms with Crippen molar-refractivity contribution >= 4 is 16.9 Å². The average Bonchev–Trinajstić information content (AvgIpc) is 3.13. The lowest BCUT2D eigenvalue weighted by atomic mass is 9.88. The Morgan fingerprint density at radius 2 is 2.20 bits per heavy atom. The molecule has 2 saturated heterocycles. The van der Waals surface area contributed by atoms with E-state index in [1.807, 2.05) is 6.20 Å². The quantitative estimate of drug-likeness (QED) is 0.862. The van der Waals surface area contributed by atoms with Crippen LogP contribution in [-0.2, 0) is 0 Å². The molecule has 2 aromatic rings. The van der Waals surface area contributed by atoms with E-state index < -0.39 is 0 Å². The van der Waals surface area contributed by atoms with E-state index in [2.05, 4.69) is 44.8 Å². The van der Waals surface area contributed by atoms with Crippen LogP contribution in [0.5, 0.6) is 0 Å². The lowest BCUT2D eigenvalue weighted by molar-refractivity contribution is 0.166. The highest BCUT2D eigenvalue weighted by Gasteiger charge is 2.50. The molecule has 20 heavy (non-hydrogen) atoms. The molecule has 106 valence electrons. The molecular formula is C15H21N5. The Morgan fingerprint density at radius 3 is 3.00 bits per heavy atom. The molecule has 2 aliphatic heterocycles. The average molecular weight is 271 g/mol. The fourth-order valence-electron chi connectivity index (χ4n) is 4.26. The number of likely N-dealkylation sites (tertiary alicyclic amines) is 1. The normalized spacial score (nSPS) is 30.9. The molecule has 0 aliphatic carbocycles. The highest BCUT2D eigenvalue weighted by molar-refractivity contribution is 5.87. The van der Waals surface area contributed by atoms with Crippen molar-refractivity contribution in [3.05, 3.63) is 18.6 Å². The van der Waals surface area contributed by atoms with E-state index in [-0.39, 0.29) is 0 Å². The molecule has 4 heterocycles. The molecule has 2 aliphatic rings. The molecule has 2 atom stereocenters. The fourth-order valence-corrected chi connectivity index (χ4v) is 4.26. The second kappa shape index (κ2) is 4.19. The Labute approximate surface area is 119 Å². The first kappa shape index (κ1) is 12.1. The summed E-state index contributed by atoms with van der Waals surface area (Å²) >= 11 is 0. The first-order valence-electron chi connectivity index (χ1n) is 7.48. The predicted octanol–water partition coefficient (Wildman–Crippen LogP) is 2.02. The van der Waals surface area contributed by atoms with Gasteiger partial charge in [-0.3, -0.25) is 4.90 Å². The number of H-pyrrole nitrogens is 1. The number of hydrogen-bond donors (Lipinski definition) is 1. The number of fused-ring (bicyclic) bond motifs is 1. The standard InChI is InChI=1S/C15H21N5/c1-11-15(5-3-8-19(15)2)6-9-20(11)14-12-4-7-16-13(12)17-10-18-14/h4,7,10-11H,3,5-6,8-9H2,1-2H3,(H,16,17,18). The van der Waals surface area contributed by atoms with Gasteiger partial charge in [0.25, 0.3) is 0 Å². The zero-order chi connectivity index (χ0) is 13.7. The van der Waals surface area contributed by atoms with Crippen molar-refractivity contribution < 1.29 is 0 Å². The third-order valence-corrected chi connectivity index (χ3v) is 5.50. The van der Waals surface area contributed by atoms with Crippen LogP contribution in [-0.4, -0.2) is 51.6 Å². The van der Waals surface area contributed by atoms with Gasteiger partial charge in [-0.2, -0.15) is 0 Å². The number of likely N-dealkylation sites (N-methyl/N-ethyl adjacent to an activating group) is 1. The molecule has 2 fully saturated rings. The van der Waals surface area contributed by atoms with E-state index in [4.69, 9.17) is 0 Å². The van der Waals surface area contributed by atoms with Crippen LogP contribution in [0.25, 0.3) is 11.0 Å². The number of rotatable bonds is 1. The summed E-state index contributed by atoms with van der Waals surface area (Å²) in [6.45, 7) is 4.67. The van der Waals surface area contributed by atoms with Gasteiger partial charge in [-0.1, -0.05) is 0 Å². The summed E-state index contributed by atoms with van der Waals surface area (Å²) in [6.07, 6.45) is 7.48. The summed E-state index contributed by atoms with van der Waals surface area (Å²) in [7, 11) is 2.28. The lowest BCUT2D eigenvalue weighted by Gasteiger charge is -2.38. The van der Waals surface area contributed by atoms with Gasteiger partial charge < -0.3 is 9.88 Å². The highest BCUT2D eigenvalue weighted by atomic mass is 15.3. The van der Waals surface area contributed by atoms with Crippen LogP contribution >= 0.6 is 0 Å². The van der Waals surface area contributed by atoms with Crippen molar-refractivity contribution in [3.8, 4) is 0 Å². The summed E-state index contributed by atoms with van der Waals surface area (Å²) in [6, 6.07) is 2.59. The number of hydrogen-bond acceptors (Lipinski definition) is 4. The second-order valence-corrected chi connectivity index (χ2v) is 6.19. The van der Waals surface area contributed by atoms with Crippen molar-refractivity contribution in [2.45, 2.75) is 37.8 Å². The summed E-state index contributed by atoms with van der Waals surface area (Å²) < 4.78 is 0. The number of anilines is 1. The van der Waals surface area contributed by atoms with Gasteiger partial charge in [0.05, 0.1) is 5.39 Å². The van der Waals surface area contributed by atoms with Gasteiger partial charge in [-0.15, -0.1) is 0 Å². The zero-order valence-electron chi connectivity index (χ0n) is 12.1. The van der Waals surface area contributed by atoms with Crippen molar-refractivity contribution in [2.24, 2.45) is 0 Å². The van der Waals surface area contributed by atoms with Crippen LogP contribution in [0.15, 0.2) is 18.6 Å². The fraction of sp³-hybridized carbons (Fsp3) is 0.600. The Balaban J connectivity index is 1.75. The van der Waals surface area contributed by atoms with Gasteiger partial charge in [-0.05, 0) is 45.8 Å². The van der Waals surface area contributed by atoms with Gasteiger partial charge in [0.15, 0.2) is 0 Å². The monoisotopic (exact) mass is 271 g/mol. The third kappa shape index (κ3) is 1.47. The van der Waals surface area contributed by atoms with Gasteiger partial charge in [0.2, 0.25) is 0 Å². The van der Waals surface area contributed by atoms with E-state index in [9.17, 15) is 0 Å². The lowest BCUT2D eigenvalue weighted by Crippen LogP contribution is -2.50. The minimum Gasteiger partial charge on any atom is -0.351 e. The molecule has 1 spiro atoms. The summed E-state index contributed by atoms with van der Waals surface area (Å²) in [5.74, 6) is 1.08. The Morgan fingerprint density at radius 1 is 1.30 bits per heavy atom. The van der Waals surface area contributed by atoms with Crippen molar-refractivity contribution in [3.63, 3.8) is 0 Å². The summed E-state index contributed by atoms with van der Waals surface area (Å²) in [5.41, 5.74) is 1.27. The molecular weight excluding hydrogens is 250 g/mol. The molecule has 0 amide bonds. The number of nitrogens with one attached hydrogen (secondary N) is 1. The summed E-state index contributed by atoms with van der Waals surface area (Å²) in [4.78, 5) is 17.1. The number of nitrogens with zero attached hydrogens (tertiary/aromatic N) is 4. The molecule has 0 aromatic carbocycles. The Hall–Kier alpha value is -1.62.